The fourth-order valence-corrected chi connectivity index (χ4v) is 7.33. The number of alkyl halides is 2. The molecule has 0 bridgehead atoms. The van der Waals surface area contributed by atoms with Gasteiger partial charge < -0.3 is 15.2 Å². The molecule has 3 rings (SSSR count). The average Bonchev–Trinajstić information content (AvgIpc) is 3.49. The molecular formula is C27H42ClFN5O8PS2. The number of imidazole rings is 1. The number of fused-ring (bicyclic) bond motifs is 1. The van der Waals surface area contributed by atoms with Crippen molar-refractivity contribution in [1.82, 2.24) is 19.5 Å². The third-order valence-corrected chi connectivity index (χ3v) is 10.9. The van der Waals surface area contributed by atoms with E-state index in [0.29, 0.717) is 17.2 Å². The molecule has 0 radical (unpaired) electrons. The maximum atomic E-state index is 15.7. The molecule has 45 heavy (non-hydrogen) atoms. The van der Waals surface area contributed by atoms with Crippen molar-refractivity contribution in [2.24, 2.45) is 10.8 Å². The molecule has 13 nitrogen and oxygen atoms in total. The highest BCUT2D eigenvalue weighted by atomic mass is 35.5. The Morgan fingerprint density at radius 3 is 2.16 bits per heavy atom. The van der Waals surface area contributed by atoms with Gasteiger partial charge in [0.1, 0.15) is 17.5 Å². The summed E-state index contributed by atoms with van der Waals surface area (Å²) in [5.41, 5.74) is -2.41. The monoisotopic (exact) mass is 713 g/mol. The van der Waals surface area contributed by atoms with E-state index in [1.807, 2.05) is 0 Å². The van der Waals surface area contributed by atoms with Crippen LogP contribution in [0.5, 0.6) is 0 Å². The Morgan fingerprint density at radius 2 is 1.67 bits per heavy atom. The molecule has 4 atom stereocenters. The summed E-state index contributed by atoms with van der Waals surface area (Å²) in [6.07, 6.45) is -3.90. The number of thioether (sulfide) groups is 2. The van der Waals surface area contributed by atoms with Crippen LogP contribution in [0.1, 0.15) is 53.6 Å². The lowest BCUT2D eigenvalue weighted by Gasteiger charge is -2.30. The molecule has 0 amide bonds. The van der Waals surface area contributed by atoms with E-state index in [9.17, 15) is 19.3 Å². The van der Waals surface area contributed by atoms with Crippen LogP contribution in [-0.2, 0) is 32.5 Å². The molecule has 1 fully saturated rings. The zero-order valence-corrected chi connectivity index (χ0v) is 29.9. The number of carbonyl (C=O) groups excluding carboxylic acids is 2. The van der Waals surface area contributed by atoms with Gasteiger partial charge in [0.2, 0.25) is 0 Å². The Balaban J connectivity index is 1.77. The van der Waals surface area contributed by atoms with Crippen LogP contribution >= 0.6 is 42.9 Å². The van der Waals surface area contributed by atoms with Crippen molar-refractivity contribution in [2.75, 3.05) is 49.6 Å². The lowest BCUT2D eigenvalue weighted by Crippen LogP contribution is -2.47. The number of anilines is 1. The molecule has 2 N–H and O–H groups in total. The number of hydrogen-bond donors (Lipinski definition) is 2. The maximum absolute atomic E-state index is 15.7. The smallest absolute Gasteiger partial charge is 0.387 e. The largest absolute Gasteiger partial charge is 0.474 e. The first-order valence-corrected chi connectivity index (χ1v) is 18.2. The highest BCUT2D eigenvalue weighted by molar-refractivity contribution is 8.14. The fourth-order valence-electron chi connectivity index (χ4n) is 3.99. The minimum atomic E-state index is -4.38. The van der Waals surface area contributed by atoms with E-state index in [2.05, 4.69) is 20.3 Å². The molecule has 18 heteroatoms. The second-order valence-corrected chi connectivity index (χ2v) is 16.5. The molecule has 0 spiro atoms. The van der Waals surface area contributed by atoms with Gasteiger partial charge >= 0.3 is 7.82 Å². The predicted molar refractivity (Wildman–Crippen MR) is 173 cm³/mol. The Hall–Kier alpha value is -1.36. The van der Waals surface area contributed by atoms with E-state index in [0.717, 1.165) is 23.5 Å². The number of phosphoric ester groups is 1. The number of hydrogen-bond acceptors (Lipinski definition) is 14. The van der Waals surface area contributed by atoms with Crippen molar-refractivity contribution < 1.29 is 42.0 Å². The van der Waals surface area contributed by atoms with Crippen LogP contribution in [0.25, 0.3) is 11.2 Å². The van der Waals surface area contributed by atoms with E-state index in [1.165, 1.54) is 10.9 Å². The Bertz CT molecular complexity index is 1370. The molecule has 0 aliphatic carbocycles. The molecule has 254 valence electrons. The normalized spacial score (nSPS) is 22.7. The van der Waals surface area contributed by atoms with Gasteiger partial charge in [0.25, 0.3) is 0 Å². The van der Waals surface area contributed by atoms with Gasteiger partial charge in [0.05, 0.1) is 32.0 Å². The highest BCUT2D eigenvalue weighted by Crippen LogP contribution is 2.52. The van der Waals surface area contributed by atoms with Crippen LogP contribution < -0.4 is 5.32 Å². The third kappa shape index (κ3) is 9.38. The number of aliphatic hydroxyl groups is 1. The van der Waals surface area contributed by atoms with Crippen molar-refractivity contribution in [3.63, 3.8) is 0 Å². The standard InChI is InChI=1S/C27H42ClFN5O8PS2/c1-16-32-20(30-8)18-21(33-16)34(15-31-18)22-17(29)19(35)27(13-28,42-22)14-41-43(38,39-9-11-44-23(36)25(2,3)4)40-10-12-45-24(37)26(5,6)7/h15,17,19,22,35H,9-14H2,1-8H3,(H,30,32,33)/t17-,19-,22+,27+/m0/s1. The van der Waals surface area contributed by atoms with Gasteiger partial charge in [-0.3, -0.25) is 27.7 Å². The molecule has 0 aromatic carbocycles. The Morgan fingerprint density at radius 1 is 1.11 bits per heavy atom. The van der Waals surface area contributed by atoms with Crippen molar-refractivity contribution in [3.8, 4) is 0 Å². The first kappa shape index (κ1) is 38.1. The quantitative estimate of drug-likeness (QED) is 0.150. The molecular weight excluding hydrogens is 672 g/mol. The number of nitrogens with one attached hydrogen (secondary N) is 1. The van der Waals surface area contributed by atoms with Crippen molar-refractivity contribution in [3.05, 3.63) is 12.2 Å². The summed E-state index contributed by atoms with van der Waals surface area (Å²) in [4.78, 5) is 37.5. The van der Waals surface area contributed by atoms with Gasteiger partial charge in [0.15, 0.2) is 39.6 Å². The van der Waals surface area contributed by atoms with E-state index >= 15 is 4.39 Å². The molecule has 3 heterocycles. The summed E-state index contributed by atoms with van der Waals surface area (Å²) in [7, 11) is -2.72. The van der Waals surface area contributed by atoms with Crippen LogP contribution in [0.15, 0.2) is 6.33 Å². The van der Waals surface area contributed by atoms with Gasteiger partial charge in [-0.1, -0.05) is 65.1 Å². The van der Waals surface area contributed by atoms with Crippen LogP contribution in [0.4, 0.5) is 10.2 Å². The molecule has 2 aromatic rings. The minimum absolute atomic E-state index is 0.0854. The van der Waals surface area contributed by atoms with Crippen LogP contribution in [0.3, 0.4) is 0 Å². The van der Waals surface area contributed by atoms with Gasteiger partial charge in [-0.15, -0.1) is 11.6 Å². The zero-order valence-electron chi connectivity index (χ0n) is 26.7. The van der Waals surface area contributed by atoms with Crippen LogP contribution in [0, 0.1) is 17.8 Å². The summed E-state index contributed by atoms with van der Waals surface area (Å²) in [6.45, 7) is 11.3. The summed E-state index contributed by atoms with van der Waals surface area (Å²) >= 11 is 8.25. The summed E-state index contributed by atoms with van der Waals surface area (Å²) in [5, 5.41) is 13.8. The molecule has 1 saturated heterocycles. The van der Waals surface area contributed by atoms with Crippen LogP contribution in [0.2, 0.25) is 0 Å². The predicted octanol–water partition coefficient (Wildman–Crippen LogP) is 5.15. The second kappa shape index (κ2) is 15.2. The van der Waals surface area contributed by atoms with E-state index in [1.54, 1.807) is 55.5 Å². The lowest BCUT2D eigenvalue weighted by molar-refractivity contribution is -0.118. The maximum Gasteiger partial charge on any atom is 0.474 e. The van der Waals surface area contributed by atoms with Gasteiger partial charge in [-0.25, -0.2) is 23.9 Å². The fraction of sp³-hybridized carbons (Fsp3) is 0.741. The second-order valence-electron chi connectivity index (χ2n) is 12.4. The number of aliphatic hydroxyl groups excluding tert-OH is 1. The Labute approximate surface area is 276 Å². The summed E-state index contributed by atoms with van der Waals surface area (Å²) in [5.74, 6) is 0.690. The topological polar surface area (TPSA) is 164 Å². The molecule has 0 saturated carbocycles. The van der Waals surface area contributed by atoms with Crippen LogP contribution in [-0.4, -0.2) is 97.0 Å². The third-order valence-electron chi connectivity index (χ3n) is 6.56. The molecule has 1 aliphatic heterocycles. The average molecular weight is 714 g/mol. The summed E-state index contributed by atoms with van der Waals surface area (Å²) in [6, 6.07) is 0. The van der Waals surface area contributed by atoms with E-state index < -0.39 is 55.2 Å². The van der Waals surface area contributed by atoms with E-state index in [4.69, 9.17) is 29.9 Å². The van der Waals surface area contributed by atoms with Gasteiger partial charge in [-0.2, -0.15) is 0 Å². The van der Waals surface area contributed by atoms with Gasteiger partial charge in [0, 0.05) is 29.4 Å². The number of rotatable bonds is 14. The van der Waals surface area contributed by atoms with Gasteiger partial charge in [-0.05, 0) is 6.92 Å². The number of ether oxygens (including phenoxy) is 1. The number of phosphoric acid groups is 1. The van der Waals surface area contributed by atoms with Crippen molar-refractivity contribution in [1.29, 1.82) is 0 Å². The Kier molecular flexibility index (Phi) is 12.9. The first-order valence-electron chi connectivity index (χ1n) is 14.2. The number of aromatic nitrogens is 4. The number of halogens is 2. The number of carbonyl (C=O) groups is 2. The van der Waals surface area contributed by atoms with E-state index in [-0.39, 0.29) is 40.6 Å². The SMILES string of the molecule is CNc1nc(C)nc2c1ncn2[C@@H]1O[C@](CCl)(COP(=O)(OCCSC(=O)C(C)(C)C)OCCSC(=O)C(C)(C)C)[C@@H](O)[C@@H]1F. The number of nitrogens with zero attached hydrogens (tertiary/aromatic N) is 4. The first-order chi connectivity index (χ1) is 20.9. The number of aryl methyl sites for hydroxylation is 1. The summed E-state index contributed by atoms with van der Waals surface area (Å²) < 4.78 is 53.4. The highest BCUT2D eigenvalue weighted by Gasteiger charge is 2.57. The lowest BCUT2D eigenvalue weighted by atomic mass is 9.99. The molecule has 0 unspecified atom stereocenters. The molecule has 2 aromatic heterocycles. The van der Waals surface area contributed by atoms with Crippen molar-refractivity contribution in [2.45, 2.75) is 72.6 Å². The molecule has 1 aliphatic rings. The zero-order chi connectivity index (χ0) is 33.8. The minimum Gasteiger partial charge on any atom is -0.387 e. The van der Waals surface area contributed by atoms with Crippen molar-refractivity contribution >= 4 is 70.2 Å².